The molecule has 0 radical (unpaired) electrons. The molecule has 0 fully saturated rings. The first-order chi connectivity index (χ1) is 7.16. The third kappa shape index (κ3) is 11.4. The first kappa shape index (κ1) is 14.4. The molecule has 0 aromatic rings. The maximum Gasteiger partial charge on any atom is 0.303 e. The number of aliphatic carboxylic acids is 1. The van der Waals surface area contributed by atoms with Crippen LogP contribution in [0.25, 0.3) is 0 Å². The van der Waals surface area contributed by atoms with E-state index in [-0.39, 0.29) is 18.1 Å². The van der Waals surface area contributed by atoms with Gasteiger partial charge in [-0.05, 0) is 12.8 Å². The molecule has 0 amide bonds. The number of unbranched alkanes of at least 4 members (excludes halogenated alkanes) is 5. The van der Waals surface area contributed by atoms with Gasteiger partial charge < -0.3 is 5.11 Å². The summed E-state index contributed by atoms with van der Waals surface area (Å²) in [5, 5.41) is 8.39. The maximum atomic E-state index is 10.8. The summed E-state index contributed by atoms with van der Waals surface area (Å²) in [6, 6.07) is 0. The van der Waals surface area contributed by atoms with E-state index < -0.39 is 5.97 Å². The van der Waals surface area contributed by atoms with Gasteiger partial charge in [0, 0.05) is 12.8 Å². The molecule has 0 aliphatic carbocycles. The monoisotopic (exact) mass is 234 g/mol. The first-order valence-electron chi connectivity index (χ1n) is 5.46. The molecular formula is C11H19ClO3. The van der Waals surface area contributed by atoms with Gasteiger partial charge in [0.2, 0.25) is 0 Å². The Morgan fingerprint density at radius 2 is 1.33 bits per heavy atom. The van der Waals surface area contributed by atoms with Crippen molar-refractivity contribution in [1.29, 1.82) is 0 Å². The minimum absolute atomic E-state index is 0.113. The predicted molar refractivity (Wildman–Crippen MR) is 60.3 cm³/mol. The first-order valence-corrected chi connectivity index (χ1v) is 5.99. The van der Waals surface area contributed by atoms with E-state index in [1.807, 2.05) is 0 Å². The van der Waals surface area contributed by atoms with Crippen molar-refractivity contribution in [2.24, 2.45) is 0 Å². The summed E-state index contributed by atoms with van der Waals surface area (Å²) in [6.45, 7) is 0. The van der Waals surface area contributed by atoms with Crippen molar-refractivity contribution in [2.75, 3.05) is 5.88 Å². The predicted octanol–water partition coefficient (Wildman–Crippen LogP) is 3.00. The maximum absolute atomic E-state index is 10.8. The van der Waals surface area contributed by atoms with Crippen LogP contribution in [0.1, 0.15) is 51.4 Å². The fourth-order valence-corrected chi connectivity index (χ4v) is 1.51. The summed E-state index contributed by atoms with van der Waals surface area (Å²) in [4.78, 5) is 21.0. The highest BCUT2D eigenvalue weighted by Gasteiger charge is 1.99. The average Bonchev–Trinajstić information content (AvgIpc) is 2.21. The van der Waals surface area contributed by atoms with Crippen molar-refractivity contribution in [3.05, 3.63) is 0 Å². The number of Topliss-reactive ketones (excluding diaryl/α,β-unsaturated/α-hetero) is 1. The summed E-state index contributed by atoms with van der Waals surface area (Å²) >= 11 is 5.36. The summed E-state index contributed by atoms with van der Waals surface area (Å²) in [7, 11) is 0. The zero-order valence-electron chi connectivity index (χ0n) is 9.01. The molecule has 0 aromatic heterocycles. The number of hydrogen-bond donors (Lipinski definition) is 1. The van der Waals surface area contributed by atoms with Gasteiger partial charge in [0.05, 0.1) is 5.88 Å². The van der Waals surface area contributed by atoms with E-state index in [0.29, 0.717) is 6.42 Å². The lowest BCUT2D eigenvalue weighted by molar-refractivity contribution is -0.137. The summed E-state index contributed by atoms with van der Waals surface area (Å²) in [5.74, 6) is -0.483. The van der Waals surface area contributed by atoms with Crippen LogP contribution in [-0.2, 0) is 9.59 Å². The van der Waals surface area contributed by atoms with Crippen molar-refractivity contribution in [2.45, 2.75) is 51.4 Å². The number of carboxylic acids is 1. The second kappa shape index (κ2) is 9.97. The zero-order chi connectivity index (χ0) is 11.5. The van der Waals surface area contributed by atoms with Gasteiger partial charge in [0.15, 0.2) is 0 Å². The molecule has 0 saturated heterocycles. The van der Waals surface area contributed by atoms with Gasteiger partial charge in [-0.3, -0.25) is 9.59 Å². The summed E-state index contributed by atoms with van der Waals surface area (Å²) in [5.41, 5.74) is 0. The fourth-order valence-electron chi connectivity index (χ4n) is 1.37. The van der Waals surface area contributed by atoms with Crippen LogP contribution in [0, 0.1) is 0 Å². The minimum Gasteiger partial charge on any atom is -0.481 e. The third-order valence-electron chi connectivity index (χ3n) is 2.25. The Morgan fingerprint density at radius 1 is 0.867 bits per heavy atom. The number of rotatable bonds is 10. The molecule has 0 bridgehead atoms. The van der Waals surface area contributed by atoms with E-state index in [1.165, 1.54) is 0 Å². The van der Waals surface area contributed by atoms with Gasteiger partial charge >= 0.3 is 5.97 Å². The van der Waals surface area contributed by atoms with E-state index in [0.717, 1.165) is 38.5 Å². The van der Waals surface area contributed by atoms with Crippen LogP contribution in [0.3, 0.4) is 0 Å². The van der Waals surface area contributed by atoms with E-state index in [1.54, 1.807) is 0 Å². The van der Waals surface area contributed by atoms with Crippen LogP contribution >= 0.6 is 11.6 Å². The molecule has 0 heterocycles. The van der Waals surface area contributed by atoms with Crippen molar-refractivity contribution in [3.8, 4) is 0 Å². The second-order valence-corrected chi connectivity index (χ2v) is 3.95. The van der Waals surface area contributed by atoms with E-state index in [4.69, 9.17) is 16.7 Å². The molecule has 0 spiro atoms. The molecule has 3 nitrogen and oxygen atoms in total. The number of carboxylic acid groups (broad SMARTS) is 1. The van der Waals surface area contributed by atoms with Crippen LogP contribution in [0.15, 0.2) is 0 Å². The van der Waals surface area contributed by atoms with Crippen molar-refractivity contribution in [3.63, 3.8) is 0 Å². The minimum atomic E-state index is -0.720. The lowest BCUT2D eigenvalue weighted by Gasteiger charge is -1.99. The Hall–Kier alpha value is -0.570. The number of hydrogen-bond acceptors (Lipinski definition) is 2. The van der Waals surface area contributed by atoms with E-state index in [2.05, 4.69) is 0 Å². The highest BCUT2D eigenvalue weighted by Crippen LogP contribution is 2.08. The zero-order valence-corrected chi connectivity index (χ0v) is 9.76. The highest BCUT2D eigenvalue weighted by molar-refractivity contribution is 6.27. The van der Waals surface area contributed by atoms with Gasteiger partial charge in [0.25, 0.3) is 0 Å². The molecule has 0 aliphatic rings. The highest BCUT2D eigenvalue weighted by atomic mass is 35.5. The number of carbonyl (C=O) groups is 2. The molecular weight excluding hydrogens is 216 g/mol. The van der Waals surface area contributed by atoms with Crippen molar-refractivity contribution in [1.82, 2.24) is 0 Å². The van der Waals surface area contributed by atoms with Gasteiger partial charge in [-0.2, -0.15) is 0 Å². The molecule has 0 aliphatic heterocycles. The summed E-state index contributed by atoms with van der Waals surface area (Å²) < 4.78 is 0. The van der Waals surface area contributed by atoms with Gasteiger partial charge in [-0.15, -0.1) is 11.6 Å². The van der Waals surface area contributed by atoms with Gasteiger partial charge in [-0.1, -0.05) is 25.7 Å². The number of ketones is 1. The molecule has 1 N–H and O–H groups in total. The Labute approximate surface area is 95.8 Å². The SMILES string of the molecule is O=C(O)CCCCCCCCC(=O)CCl. The molecule has 0 saturated carbocycles. The molecule has 88 valence electrons. The summed E-state index contributed by atoms with van der Waals surface area (Å²) in [6.07, 6.45) is 6.66. The number of halogens is 1. The van der Waals surface area contributed by atoms with E-state index >= 15 is 0 Å². The van der Waals surface area contributed by atoms with Gasteiger partial charge in [-0.25, -0.2) is 0 Å². The molecule has 0 atom stereocenters. The molecule has 0 unspecified atom stereocenters. The quantitative estimate of drug-likeness (QED) is 0.467. The standard InChI is InChI=1S/C11H19ClO3/c12-9-10(13)7-5-3-1-2-4-6-8-11(14)15/h1-9H2,(H,14,15). The molecule has 15 heavy (non-hydrogen) atoms. The average molecular weight is 235 g/mol. The third-order valence-corrected chi connectivity index (χ3v) is 2.54. The Kier molecular flexibility index (Phi) is 9.59. The van der Waals surface area contributed by atoms with Crippen molar-refractivity contribution >= 4 is 23.4 Å². The lowest BCUT2D eigenvalue weighted by Crippen LogP contribution is -1.98. The largest absolute Gasteiger partial charge is 0.481 e. The number of carbonyl (C=O) groups excluding carboxylic acids is 1. The topological polar surface area (TPSA) is 54.4 Å². The van der Waals surface area contributed by atoms with Crippen molar-refractivity contribution < 1.29 is 14.7 Å². The fraction of sp³-hybridized carbons (Fsp3) is 0.818. The Bertz CT molecular complexity index is 192. The number of alkyl halides is 1. The van der Waals surface area contributed by atoms with Crippen LogP contribution < -0.4 is 0 Å². The molecule has 0 aromatic carbocycles. The van der Waals surface area contributed by atoms with Gasteiger partial charge in [0.1, 0.15) is 5.78 Å². The van der Waals surface area contributed by atoms with Crippen LogP contribution in [0.2, 0.25) is 0 Å². The normalized spacial score (nSPS) is 10.2. The Morgan fingerprint density at radius 3 is 1.80 bits per heavy atom. The van der Waals surface area contributed by atoms with Crippen LogP contribution in [0.5, 0.6) is 0 Å². The Balaban J connectivity index is 3.05. The molecule has 0 rings (SSSR count). The second-order valence-electron chi connectivity index (χ2n) is 3.69. The van der Waals surface area contributed by atoms with Crippen LogP contribution in [-0.4, -0.2) is 22.7 Å². The van der Waals surface area contributed by atoms with E-state index in [9.17, 15) is 9.59 Å². The smallest absolute Gasteiger partial charge is 0.303 e. The molecule has 4 heteroatoms. The lowest BCUT2D eigenvalue weighted by atomic mass is 10.1. The van der Waals surface area contributed by atoms with Crippen LogP contribution in [0.4, 0.5) is 0 Å².